The monoisotopic (exact) mass is 308 g/mol. The minimum Gasteiger partial charge on any atom is -0.308 e. The third kappa shape index (κ3) is 2.76. The highest BCUT2D eigenvalue weighted by molar-refractivity contribution is 9.10. The highest BCUT2D eigenvalue weighted by atomic mass is 79.9. The molecule has 0 aliphatic heterocycles. The fraction of sp³-hybridized carbons (Fsp3) is 0.308. The predicted octanol–water partition coefficient (Wildman–Crippen LogP) is 3.55. The van der Waals surface area contributed by atoms with Crippen molar-refractivity contribution in [3.8, 4) is 0 Å². The molecule has 0 amide bonds. The van der Waals surface area contributed by atoms with E-state index < -0.39 is 0 Å². The van der Waals surface area contributed by atoms with Crippen LogP contribution in [0.4, 0.5) is 0 Å². The first-order valence-corrected chi connectivity index (χ1v) is 7.42. The molecule has 3 rings (SSSR count). The highest BCUT2D eigenvalue weighted by Gasteiger charge is 2.37. The summed E-state index contributed by atoms with van der Waals surface area (Å²) in [5, 5.41) is 5.66. The molecule has 1 saturated carbocycles. The Morgan fingerprint density at radius 3 is 2.88 bits per heavy atom. The molecule has 0 spiro atoms. The van der Waals surface area contributed by atoms with Gasteiger partial charge in [-0.15, -0.1) is 11.3 Å². The van der Waals surface area contributed by atoms with Crippen molar-refractivity contribution in [3.63, 3.8) is 0 Å². The Kier molecular flexibility index (Phi) is 3.27. The molecular weight excluding hydrogens is 296 g/mol. The molecule has 2 aromatic rings. The third-order valence-electron chi connectivity index (χ3n) is 3.12. The SMILES string of the molecule is Brc1ccc([C@@H]2C[C@H]2NCc2cscn2)cc1. The minimum atomic E-state index is 0.623. The van der Waals surface area contributed by atoms with Crippen molar-refractivity contribution in [1.29, 1.82) is 0 Å². The second-order valence-electron chi connectivity index (χ2n) is 4.36. The summed E-state index contributed by atoms with van der Waals surface area (Å²) < 4.78 is 1.15. The first kappa shape index (κ1) is 11.4. The molecule has 1 aromatic heterocycles. The quantitative estimate of drug-likeness (QED) is 0.934. The van der Waals surface area contributed by atoms with Gasteiger partial charge in [-0.3, -0.25) is 0 Å². The van der Waals surface area contributed by atoms with Gasteiger partial charge in [0.2, 0.25) is 0 Å². The number of hydrogen-bond donors (Lipinski definition) is 1. The number of thiazole rings is 1. The van der Waals surface area contributed by atoms with E-state index in [-0.39, 0.29) is 0 Å². The maximum absolute atomic E-state index is 4.28. The maximum atomic E-state index is 4.28. The lowest BCUT2D eigenvalue weighted by Crippen LogP contribution is -2.17. The van der Waals surface area contributed by atoms with Crippen LogP contribution in [0.3, 0.4) is 0 Å². The van der Waals surface area contributed by atoms with Crippen molar-refractivity contribution >= 4 is 27.3 Å². The van der Waals surface area contributed by atoms with Gasteiger partial charge in [0.15, 0.2) is 0 Å². The zero-order chi connectivity index (χ0) is 11.7. The maximum Gasteiger partial charge on any atom is 0.0795 e. The van der Waals surface area contributed by atoms with E-state index in [0.717, 1.165) is 16.7 Å². The Hall–Kier alpha value is -0.710. The standard InChI is InChI=1S/C13H13BrN2S/c14-10-3-1-9(2-4-10)12-5-13(12)15-6-11-7-17-8-16-11/h1-4,7-8,12-13,15H,5-6H2/t12-,13+/m0/s1. The van der Waals surface area contributed by atoms with E-state index in [0.29, 0.717) is 12.0 Å². The second kappa shape index (κ2) is 4.88. The van der Waals surface area contributed by atoms with Crippen LogP contribution in [-0.4, -0.2) is 11.0 Å². The van der Waals surface area contributed by atoms with Crippen molar-refractivity contribution in [3.05, 3.63) is 50.9 Å². The summed E-state index contributed by atoms with van der Waals surface area (Å²) in [7, 11) is 0. The van der Waals surface area contributed by atoms with E-state index in [2.05, 4.69) is 55.9 Å². The number of halogens is 1. The summed E-state index contributed by atoms with van der Waals surface area (Å²) in [5.41, 5.74) is 4.47. The van der Waals surface area contributed by atoms with Crippen molar-refractivity contribution in [2.75, 3.05) is 0 Å². The van der Waals surface area contributed by atoms with Gasteiger partial charge in [0, 0.05) is 28.4 Å². The van der Waals surface area contributed by atoms with Gasteiger partial charge in [-0.2, -0.15) is 0 Å². The Labute approximate surface area is 113 Å². The van der Waals surface area contributed by atoms with Crippen molar-refractivity contribution < 1.29 is 0 Å². The smallest absolute Gasteiger partial charge is 0.0795 e. The Bertz CT molecular complexity index is 481. The second-order valence-corrected chi connectivity index (χ2v) is 6.00. The van der Waals surface area contributed by atoms with E-state index >= 15 is 0 Å². The number of rotatable bonds is 4. The summed E-state index contributed by atoms with van der Waals surface area (Å²) in [6, 6.07) is 9.27. The van der Waals surface area contributed by atoms with Crippen LogP contribution in [0.2, 0.25) is 0 Å². The molecule has 1 fully saturated rings. The molecule has 1 heterocycles. The van der Waals surface area contributed by atoms with Crippen LogP contribution in [-0.2, 0) is 6.54 Å². The highest BCUT2D eigenvalue weighted by Crippen LogP contribution is 2.41. The van der Waals surface area contributed by atoms with Gasteiger partial charge in [0.1, 0.15) is 0 Å². The van der Waals surface area contributed by atoms with E-state index in [1.165, 1.54) is 12.0 Å². The van der Waals surface area contributed by atoms with Crippen LogP contribution in [0.25, 0.3) is 0 Å². The van der Waals surface area contributed by atoms with Crippen LogP contribution in [0.5, 0.6) is 0 Å². The van der Waals surface area contributed by atoms with Gasteiger partial charge >= 0.3 is 0 Å². The van der Waals surface area contributed by atoms with Gasteiger partial charge in [0.05, 0.1) is 11.2 Å². The molecule has 2 atom stereocenters. The molecule has 0 saturated heterocycles. The van der Waals surface area contributed by atoms with Crippen LogP contribution in [0.15, 0.2) is 39.6 Å². The number of nitrogens with zero attached hydrogens (tertiary/aromatic N) is 1. The number of hydrogen-bond acceptors (Lipinski definition) is 3. The van der Waals surface area contributed by atoms with E-state index in [1.807, 2.05) is 5.51 Å². The summed E-state index contributed by atoms with van der Waals surface area (Å²) in [6.07, 6.45) is 1.24. The normalized spacial score (nSPS) is 22.6. The molecule has 1 aliphatic rings. The fourth-order valence-electron chi connectivity index (χ4n) is 2.06. The Balaban J connectivity index is 1.54. The zero-order valence-corrected chi connectivity index (χ0v) is 11.7. The van der Waals surface area contributed by atoms with Crippen molar-refractivity contribution in [2.45, 2.75) is 24.9 Å². The Morgan fingerprint density at radius 1 is 1.35 bits per heavy atom. The summed E-state index contributed by atoms with van der Waals surface area (Å²) in [4.78, 5) is 4.28. The molecule has 0 bridgehead atoms. The fourth-order valence-corrected chi connectivity index (χ4v) is 2.88. The average Bonchev–Trinajstić information content (AvgIpc) is 2.93. The first-order chi connectivity index (χ1) is 8.33. The molecule has 4 heteroatoms. The van der Waals surface area contributed by atoms with E-state index in [1.54, 1.807) is 11.3 Å². The third-order valence-corrected chi connectivity index (χ3v) is 4.28. The van der Waals surface area contributed by atoms with Gasteiger partial charge in [0.25, 0.3) is 0 Å². The lowest BCUT2D eigenvalue weighted by atomic mass is 10.1. The van der Waals surface area contributed by atoms with Crippen LogP contribution < -0.4 is 5.32 Å². The van der Waals surface area contributed by atoms with Crippen molar-refractivity contribution in [1.82, 2.24) is 10.3 Å². The van der Waals surface area contributed by atoms with Crippen molar-refractivity contribution in [2.24, 2.45) is 0 Å². The van der Waals surface area contributed by atoms with Gasteiger partial charge < -0.3 is 5.32 Å². The van der Waals surface area contributed by atoms with Crippen LogP contribution >= 0.6 is 27.3 Å². The summed E-state index contributed by atoms with van der Waals surface area (Å²) in [5.74, 6) is 0.682. The molecule has 0 radical (unpaired) electrons. The topological polar surface area (TPSA) is 24.9 Å². The minimum absolute atomic E-state index is 0.623. The zero-order valence-electron chi connectivity index (χ0n) is 9.27. The van der Waals surface area contributed by atoms with E-state index in [9.17, 15) is 0 Å². The molecule has 88 valence electrons. The lowest BCUT2D eigenvalue weighted by Gasteiger charge is -2.02. The number of nitrogens with one attached hydrogen (secondary N) is 1. The number of aromatic nitrogens is 1. The molecule has 1 aliphatic carbocycles. The molecule has 2 nitrogen and oxygen atoms in total. The predicted molar refractivity (Wildman–Crippen MR) is 74.2 cm³/mol. The molecule has 1 aromatic carbocycles. The largest absolute Gasteiger partial charge is 0.308 e. The van der Waals surface area contributed by atoms with Crippen LogP contribution in [0, 0.1) is 0 Å². The summed E-state index contributed by atoms with van der Waals surface area (Å²) >= 11 is 5.12. The summed E-state index contributed by atoms with van der Waals surface area (Å²) in [6.45, 7) is 0.890. The Morgan fingerprint density at radius 2 is 2.18 bits per heavy atom. The van der Waals surface area contributed by atoms with E-state index in [4.69, 9.17) is 0 Å². The van der Waals surface area contributed by atoms with Gasteiger partial charge in [-0.25, -0.2) is 4.98 Å². The molecule has 0 unspecified atom stereocenters. The number of benzene rings is 1. The first-order valence-electron chi connectivity index (χ1n) is 5.69. The van der Waals surface area contributed by atoms with Crippen LogP contribution in [0.1, 0.15) is 23.6 Å². The molecule has 17 heavy (non-hydrogen) atoms. The lowest BCUT2D eigenvalue weighted by molar-refractivity contribution is 0.663. The van der Waals surface area contributed by atoms with Gasteiger partial charge in [-0.05, 0) is 24.1 Å². The molecule has 1 N–H and O–H groups in total. The average molecular weight is 309 g/mol. The molecular formula is C13H13BrN2S. The van der Waals surface area contributed by atoms with Gasteiger partial charge in [-0.1, -0.05) is 28.1 Å².